The Labute approximate surface area is 218 Å². The second-order valence-electron chi connectivity index (χ2n) is 9.79. The Morgan fingerprint density at radius 3 is 2.42 bits per heavy atom. The van der Waals surface area contributed by atoms with Crippen molar-refractivity contribution in [3.63, 3.8) is 0 Å². The maximum atomic E-state index is 16.8. The molecule has 2 atom stereocenters. The van der Waals surface area contributed by atoms with Gasteiger partial charge in [0.2, 0.25) is 14.8 Å². The molecule has 1 fully saturated rings. The summed E-state index contributed by atoms with van der Waals surface area (Å²) in [5.74, 6) is -0.797. The predicted molar refractivity (Wildman–Crippen MR) is 138 cm³/mol. The summed E-state index contributed by atoms with van der Waals surface area (Å²) in [5.41, 5.74) is 1.34. The maximum absolute atomic E-state index is 16.8. The van der Waals surface area contributed by atoms with Gasteiger partial charge in [-0.15, -0.1) is 0 Å². The highest BCUT2D eigenvalue weighted by atomic mass is 32.2. The van der Waals surface area contributed by atoms with Gasteiger partial charge in [-0.1, -0.05) is 29.8 Å². The fourth-order valence-corrected chi connectivity index (χ4v) is 7.39. The molecule has 6 nitrogen and oxygen atoms in total. The van der Waals surface area contributed by atoms with Gasteiger partial charge in [0.15, 0.2) is 5.78 Å². The fourth-order valence-electron chi connectivity index (χ4n) is 5.65. The summed E-state index contributed by atoms with van der Waals surface area (Å²) < 4.78 is 59.1. The van der Waals surface area contributed by atoms with Gasteiger partial charge in [0.05, 0.1) is 27.9 Å². The highest BCUT2D eigenvalue weighted by Crippen LogP contribution is 2.56. The Kier molecular flexibility index (Phi) is 5.64. The van der Waals surface area contributed by atoms with Gasteiger partial charge in [0, 0.05) is 19.0 Å². The average Bonchev–Trinajstić information content (AvgIpc) is 3.34. The molecule has 0 spiro atoms. The number of halogens is 2. The number of carbonyl (C=O) groups is 1. The Morgan fingerprint density at radius 1 is 0.974 bits per heavy atom. The number of hydrogen-bond donors (Lipinski definition) is 0. The summed E-state index contributed by atoms with van der Waals surface area (Å²) in [5, 5.41) is 1.81. The minimum absolute atomic E-state index is 0.0647. The molecular formula is C29H23F2N3O3S. The van der Waals surface area contributed by atoms with Crippen molar-refractivity contribution in [1.29, 1.82) is 0 Å². The number of sulfone groups is 1. The van der Waals surface area contributed by atoms with Crippen LogP contribution in [0.4, 0.5) is 8.78 Å². The van der Waals surface area contributed by atoms with Crippen molar-refractivity contribution >= 4 is 21.7 Å². The molecule has 4 aromatic rings. The number of carbonyl (C=O) groups excluding carboxylic acids is 1. The molecule has 2 heterocycles. The number of Topliss-reactive ketones (excluding diaryl/α,β-unsaturated/α-hetero) is 1. The highest BCUT2D eigenvalue weighted by Gasteiger charge is 2.59. The van der Waals surface area contributed by atoms with Gasteiger partial charge in [-0.3, -0.25) is 9.78 Å². The number of benzene rings is 2. The van der Waals surface area contributed by atoms with Crippen molar-refractivity contribution in [1.82, 2.24) is 14.8 Å². The lowest BCUT2D eigenvalue weighted by atomic mass is 9.61. The summed E-state index contributed by atoms with van der Waals surface area (Å²) in [6, 6.07) is 18.3. The lowest BCUT2D eigenvalue weighted by Gasteiger charge is -2.45. The third kappa shape index (κ3) is 3.72. The quantitative estimate of drug-likeness (QED) is 0.316. The number of hydrogen-bond acceptors (Lipinski definition) is 5. The second-order valence-corrected chi connectivity index (χ2v) is 12.0. The summed E-state index contributed by atoms with van der Waals surface area (Å²) in [7, 11) is -4.41. The van der Waals surface area contributed by atoms with Crippen LogP contribution >= 0.6 is 0 Å². The Morgan fingerprint density at radius 2 is 1.71 bits per heavy atom. The Bertz CT molecular complexity index is 1670. The maximum Gasteiger partial charge on any atom is 0.216 e. The van der Waals surface area contributed by atoms with Crippen LogP contribution in [0, 0.1) is 11.2 Å². The summed E-state index contributed by atoms with van der Waals surface area (Å²) in [6.07, 6.45) is 4.22. The third-order valence-corrected chi connectivity index (χ3v) is 9.78. The number of aromatic nitrogens is 3. The minimum atomic E-state index is -4.41. The van der Waals surface area contributed by atoms with Crippen molar-refractivity contribution in [2.75, 3.05) is 0 Å². The van der Waals surface area contributed by atoms with Crippen molar-refractivity contribution in [2.24, 2.45) is 5.41 Å². The number of nitrogens with zero attached hydrogens (tertiary/aromatic N) is 3. The standard InChI is InChI=1S/C29H23F2N3O3S/c30-22-9-11-23(12-10-22)34-26-16-21-13-14-29(31,38(36,37)24-6-2-1-3-7-24)19-28(21,17-20(26)18-33-34)27(35)25-8-4-5-15-32-25/h1-12,15-16,18H,13-14,17,19H2/t28-,29-/m0/s1. The van der Waals surface area contributed by atoms with E-state index in [1.165, 1.54) is 30.5 Å². The molecule has 2 aliphatic carbocycles. The predicted octanol–water partition coefficient (Wildman–Crippen LogP) is 5.54. The first-order valence-electron chi connectivity index (χ1n) is 12.2. The van der Waals surface area contributed by atoms with Crippen LogP contribution in [-0.2, 0) is 16.3 Å². The van der Waals surface area contributed by atoms with Gasteiger partial charge in [-0.25, -0.2) is 21.9 Å². The van der Waals surface area contributed by atoms with Gasteiger partial charge in [-0.05, 0) is 73.0 Å². The van der Waals surface area contributed by atoms with Crippen molar-refractivity contribution in [2.45, 2.75) is 35.6 Å². The van der Waals surface area contributed by atoms with E-state index in [4.69, 9.17) is 0 Å². The molecule has 0 unspecified atom stereocenters. The number of rotatable bonds is 5. The van der Waals surface area contributed by atoms with E-state index in [0.717, 1.165) is 0 Å². The van der Waals surface area contributed by atoms with Gasteiger partial charge in [-0.2, -0.15) is 5.10 Å². The minimum Gasteiger partial charge on any atom is -0.291 e. The average molecular weight is 532 g/mol. The summed E-state index contributed by atoms with van der Waals surface area (Å²) >= 11 is 0. The van der Waals surface area contributed by atoms with E-state index in [-0.39, 0.29) is 35.7 Å². The molecule has 0 aliphatic heterocycles. The molecule has 2 aliphatic rings. The fraction of sp³-hybridized carbons (Fsp3) is 0.207. The lowest BCUT2D eigenvalue weighted by Crippen LogP contribution is -2.50. The molecule has 0 radical (unpaired) electrons. The van der Waals surface area contributed by atoms with E-state index >= 15 is 4.39 Å². The van der Waals surface area contributed by atoms with Crippen LogP contribution in [0.3, 0.4) is 0 Å². The second kappa shape index (κ2) is 8.80. The van der Waals surface area contributed by atoms with E-state index in [1.807, 2.05) is 6.08 Å². The zero-order chi connectivity index (χ0) is 26.5. The van der Waals surface area contributed by atoms with Crippen LogP contribution in [0.25, 0.3) is 11.8 Å². The topological polar surface area (TPSA) is 81.9 Å². The number of pyridine rings is 1. The first kappa shape index (κ1) is 24.4. The normalized spacial score (nSPS) is 22.7. The van der Waals surface area contributed by atoms with E-state index < -0.39 is 32.5 Å². The van der Waals surface area contributed by atoms with Gasteiger partial charge in [0.25, 0.3) is 0 Å². The van der Waals surface area contributed by atoms with Gasteiger partial charge >= 0.3 is 0 Å². The smallest absolute Gasteiger partial charge is 0.216 e. The third-order valence-electron chi connectivity index (χ3n) is 7.58. The first-order valence-corrected chi connectivity index (χ1v) is 13.7. The van der Waals surface area contributed by atoms with Crippen LogP contribution in [-0.4, -0.2) is 34.0 Å². The first-order chi connectivity index (χ1) is 18.2. The molecule has 6 rings (SSSR count). The zero-order valence-electron chi connectivity index (χ0n) is 20.2. The van der Waals surface area contributed by atoms with Gasteiger partial charge < -0.3 is 0 Å². The van der Waals surface area contributed by atoms with Crippen LogP contribution in [0.5, 0.6) is 0 Å². The number of ketones is 1. The van der Waals surface area contributed by atoms with Crippen LogP contribution in [0.15, 0.2) is 95.7 Å². The zero-order valence-corrected chi connectivity index (χ0v) is 21.0. The Hall–Kier alpha value is -3.98. The van der Waals surface area contributed by atoms with Crippen molar-refractivity contribution in [3.05, 3.63) is 114 Å². The van der Waals surface area contributed by atoms with Crippen molar-refractivity contribution in [3.8, 4) is 5.69 Å². The van der Waals surface area contributed by atoms with Crippen LogP contribution < -0.4 is 0 Å². The molecule has 2 aromatic heterocycles. The molecule has 38 heavy (non-hydrogen) atoms. The molecule has 0 saturated heterocycles. The van der Waals surface area contributed by atoms with E-state index in [1.54, 1.807) is 59.4 Å². The largest absolute Gasteiger partial charge is 0.291 e. The summed E-state index contributed by atoms with van der Waals surface area (Å²) in [4.78, 5) is 18.2. The van der Waals surface area contributed by atoms with Crippen LogP contribution in [0.2, 0.25) is 0 Å². The van der Waals surface area contributed by atoms with E-state index in [9.17, 15) is 17.6 Å². The number of allylic oxidation sites excluding steroid dienone is 1. The lowest BCUT2D eigenvalue weighted by molar-refractivity contribution is 0.0667. The molecule has 0 amide bonds. The monoisotopic (exact) mass is 531 g/mol. The molecule has 2 aromatic carbocycles. The molecule has 0 bridgehead atoms. The SMILES string of the molecule is O=C(c1ccccn1)[C@]12Cc3cnn(-c4ccc(F)cc4)c3C=C1CC[C@](F)(S(=O)(=O)c1ccccc1)C2. The number of alkyl halides is 1. The molecule has 0 N–H and O–H groups in total. The Balaban J connectivity index is 1.49. The van der Waals surface area contributed by atoms with Gasteiger partial charge in [0.1, 0.15) is 11.5 Å². The molecule has 1 saturated carbocycles. The number of fused-ring (bicyclic) bond motifs is 2. The summed E-state index contributed by atoms with van der Waals surface area (Å²) in [6.45, 7) is 0. The van der Waals surface area contributed by atoms with Crippen molar-refractivity contribution < 1.29 is 22.0 Å². The molecule has 192 valence electrons. The highest BCUT2D eigenvalue weighted by molar-refractivity contribution is 7.92. The molecule has 9 heteroatoms. The van der Waals surface area contributed by atoms with E-state index in [2.05, 4.69) is 10.1 Å². The van der Waals surface area contributed by atoms with E-state index in [0.29, 0.717) is 22.5 Å². The van der Waals surface area contributed by atoms with Crippen LogP contribution in [0.1, 0.15) is 41.0 Å². The molecular weight excluding hydrogens is 508 g/mol.